The third-order valence-electron chi connectivity index (χ3n) is 4.84. The van der Waals surface area contributed by atoms with Crippen molar-refractivity contribution in [2.75, 3.05) is 26.3 Å². The van der Waals surface area contributed by atoms with E-state index in [1.165, 1.54) is 6.07 Å². The first kappa shape index (κ1) is 15.7. The van der Waals surface area contributed by atoms with Crippen LogP contribution in [0.15, 0.2) is 29.2 Å². The van der Waals surface area contributed by atoms with Crippen LogP contribution in [0, 0.1) is 11.3 Å². The number of carbonyl (C=O) groups is 2. The highest BCUT2D eigenvalue weighted by Gasteiger charge is 2.56. The molecule has 1 amide bonds. The molecule has 124 valence electrons. The van der Waals surface area contributed by atoms with Gasteiger partial charge in [-0.1, -0.05) is 6.07 Å². The van der Waals surface area contributed by atoms with E-state index in [0.717, 1.165) is 0 Å². The van der Waals surface area contributed by atoms with Gasteiger partial charge in [-0.25, -0.2) is 0 Å². The third-order valence-corrected chi connectivity index (χ3v) is 4.84. The van der Waals surface area contributed by atoms with Crippen molar-refractivity contribution in [1.82, 2.24) is 9.47 Å². The molecule has 0 aromatic carbocycles. The van der Waals surface area contributed by atoms with Crippen molar-refractivity contribution >= 4 is 11.9 Å². The molecule has 2 atom stereocenters. The molecule has 1 aromatic rings. The Morgan fingerprint density at radius 3 is 2.91 bits per heavy atom. The second-order valence-electron chi connectivity index (χ2n) is 6.28. The number of aliphatic carboxylic acids is 1. The number of hydrogen-bond acceptors (Lipinski definition) is 4. The molecule has 1 aromatic heterocycles. The van der Waals surface area contributed by atoms with E-state index in [4.69, 9.17) is 4.74 Å². The van der Waals surface area contributed by atoms with Gasteiger partial charge >= 0.3 is 5.97 Å². The number of amides is 1. The van der Waals surface area contributed by atoms with Crippen LogP contribution in [0.25, 0.3) is 0 Å². The van der Waals surface area contributed by atoms with Crippen LogP contribution in [0.2, 0.25) is 0 Å². The molecule has 0 unspecified atom stereocenters. The van der Waals surface area contributed by atoms with Gasteiger partial charge in [-0.15, -0.1) is 0 Å². The Bertz CT molecular complexity index is 670. The largest absolute Gasteiger partial charge is 0.481 e. The highest BCUT2D eigenvalue weighted by molar-refractivity contribution is 5.81. The van der Waals surface area contributed by atoms with Crippen molar-refractivity contribution in [1.29, 1.82) is 0 Å². The fourth-order valence-electron chi connectivity index (χ4n) is 3.43. The van der Waals surface area contributed by atoms with Crippen molar-refractivity contribution in [2.24, 2.45) is 11.3 Å². The van der Waals surface area contributed by atoms with Crippen LogP contribution in [0.3, 0.4) is 0 Å². The van der Waals surface area contributed by atoms with Crippen molar-refractivity contribution in [3.05, 3.63) is 34.7 Å². The number of hydrogen-bond donors (Lipinski definition) is 1. The molecular formula is C16H20N2O5. The summed E-state index contributed by atoms with van der Waals surface area (Å²) in [5.41, 5.74) is -1.02. The Balaban J connectivity index is 1.55. The van der Waals surface area contributed by atoms with Gasteiger partial charge < -0.3 is 19.3 Å². The summed E-state index contributed by atoms with van der Waals surface area (Å²) in [7, 11) is 0. The molecule has 3 heterocycles. The number of fused-ring (bicyclic) bond motifs is 1. The number of nitrogens with zero attached hydrogens (tertiary/aromatic N) is 2. The first-order valence-electron chi connectivity index (χ1n) is 7.77. The molecule has 7 heteroatoms. The van der Waals surface area contributed by atoms with E-state index in [-0.39, 0.29) is 30.5 Å². The maximum atomic E-state index is 12.3. The number of likely N-dealkylation sites (tertiary alicyclic amines) is 1. The Morgan fingerprint density at radius 2 is 2.22 bits per heavy atom. The van der Waals surface area contributed by atoms with Crippen LogP contribution in [-0.2, 0) is 20.9 Å². The molecule has 3 rings (SSSR count). The number of pyridine rings is 1. The average Bonchev–Trinajstić information content (AvgIpc) is 3.07. The van der Waals surface area contributed by atoms with Gasteiger partial charge in [0, 0.05) is 44.2 Å². The highest BCUT2D eigenvalue weighted by atomic mass is 16.5. The zero-order valence-electron chi connectivity index (χ0n) is 12.8. The molecule has 2 aliphatic heterocycles. The van der Waals surface area contributed by atoms with Crippen LogP contribution in [0.5, 0.6) is 0 Å². The summed E-state index contributed by atoms with van der Waals surface area (Å²) in [6.07, 6.45) is 2.56. The summed E-state index contributed by atoms with van der Waals surface area (Å²) < 4.78 is 6.87. The molecule has 0 saturated carbocycles. The average molecular weight is 320 g/mol. The SMILES string of the molecule is O=C(CCCn1ccccc1=O)N1C[C@@H]2COC[C@]2(C(=O)O)C1. The minimum absolute atomic E-state index is 0.0518. The Hall–Kier alpha value is -2.15. The van der Waals surface area contributed by atoms with Crippen LogP contribution in [0.4, 0.5) is 0 Å². The van der Waals surface area contributed by atoms with Crippen LogP contribution in [-0.4, -0.2) is 52.8 Å². The summed E-state index contributed by atoms with van der Waals surface area (Å²) in [6.45, 7) is 1.72. The van der Waals surface area contributed by atoms with E-state index in [9.17, 15) is 19.5 Å². The predicted molar refractivity (Wildman–Crippen MR) is 80.9 cm³/mol. The van der Waals surface area contributed by atoms with Crippen LogP contribution in [0.1, 0.15) is 12.8 Å². The lowest BCUT2D eigenvalue weighted by Crippen LogP contribution is -2.40. The lowest BCUT2D eigenvalue weighted by atomic mass is 9.81. The lowest BCUT2D eigenvalue weighted by molar-refractivity contribution is -0.149. The van der Waals surface area contributed by atoms with Gasteiger partial charge in [-0.2, -0.15) is 0 Å². The monoisotopic (exact) mass is 320 g/mol. The Kier molecular flexibility index (Phi) is 4.21. The second kappa shape index (κ2) is 6.16. The number of aromatic nitrogens is 1. The predicted octanol–water partition coefficient (Wildman–Crippen LogP) is 0.188. The number of carboxylic acids is 1. The highest BCUT2D eigenvalue weighted by Crippen LogP contribution is 2.41. The van der Waals surface area contributed by atoms with Crippen molar-refractivity contribution < 1.29 is 19.4 Å². The first-order chi connectivity index (χ1) is 11.0. The minimum Gasteiger partial charge on any atom is -0.481 e. The molecule has 0 radical (unpaired) electrons. The Morgan fingerprint density at radius 1 is 1.39 bits per heavy atom. The van der Waals surface area contributed by atoms with Crippen molar-refractivity contribution in [2.45, 2.75) is 19.4 Å². The van der Waals surface area contributed by atoms with Gasteiger partial charge in [0.25, 0.3) is 0 Å². The van der Waals surface area contributed by atoms with Gasteiger partial charge in [-0.05, 0) is 12.5 Å². The normalized spacial score (nSPS) is 26.3. The summed E-state index contributed by atoms with van der Waals surface area (Å²) in [4.78, 5) is 37.1. The zero-order valence-corrected chi connectivity index (χ0v) is 12.8. The summed E-state index contributed by atoms with van der Waals surface area (Å²) in [6, 6.07) is 4.95. The molecule has 0 aliphatic carbocycles. The van der Waals surface area contributed by atoms with E-state index in [1.54, 1.807) is 27.8 Å². The number of carboxylic acid groups (broad SMARTS) is 1. The van der Waals surface area contributed by atoms with Gasteiger partial charge in [0.15, 0.2) is 0 Å². The minimum atomic E-state index is -0.938. The van der Waals surface area contributed by atoms with Crippen molar-refractivity contribution in [3.8, 4) is 0 Å². The van der Waals surface area contributed by atoms with E-state index >= 15 is 0 Å². The summed E-state index contributed by atoms with van der Waals surface area (Å²) in [5, 5.41) is 9.47. The zero-order chi connectivity index (χ0) is 16.4. The van der Waals surface area contributed by atoms with E-state index < -0.39 is 11.4 Å². The number of ether oxygens (including phenoxy) is 1. The van der Waals surface area contributed by atoms with E-state index in [1.807, 2.05) is 0 Å². The molecule has 23 heavy (non-hydrogen) atoms. The molecule has 2 saturated heterocycles. The van der Waals surface area contributed by atoms with Gasteiger partial charge in [0.1, 0.15) is 5.41 Å². The van der Waals surface area contributed by atoms with Gasteiger partial charge in [-0.3, -0.25) is 14.4 Å². The van der Waals surface area contributed by atoms with Crippen LogP contribution >= 0.6 is 0 Å². The fraction of sp³-hybridized carbons (Fsp3) is 0.562. The van der Waals surface area contributed by atoms with E-state index in [2.05, 4.69) is 0 Å². The standard InChI is InChI=1S/C16H20N2O5/c19-13-4-1-2-6-17(13)7-3-5-14(20)18-8-12-9-23-11-16(12,10-18)15(21)22/h1-2,4,6,12H,3,5,7-11H2,(H,21,22)/t12-,16-/m1/s1. The van der Waals surface area contributed by atoms with E-state index in [0.29, 0.717) is 32.5 Å². The lowest BCUT2D eigenvalue weighted by Gasteiger charge is -2.22. The number of aryl methyl sites for hydroxylation is 1. The Labute approximate surface area is 133 Å². The molecule has 7 nitrogen and oxygen atoms in total. The molecule has 2 fully saturated rings. The smallest absolute Gasteiger partial charge is 0.314 e. The van der Waals surface area contributed by atoms with Crippen LogP contribution < -0.4 is 5.56 Å². The first-order valence-corrected chi connectivity index (χ1v) is 7.77. The molecule has 1 N–H and O–H groups in total. The molecular weight excluding hydrogens is 300 g/mol. The molecule has 2 aliphatic rings. The maximum absolute atomic E-state index is 12.3. The fourth-order valence-corrected chi connectivity index (χ4v) is 3.43. The molecule has 0 bridgehead atoms. The number of rotatable bonds is 5. The second-order valence-corrected chi connectivity index (χ2v) is 6.28. The third kappa shape index (κ3) is 2.88. The summed E-state index contributed by atoms with van der Waals surface area (Å²) >= 11 is 0. The van der Waals surface area contributed by atoms with Crippen molar-refractivity contribution in [3.63, 3.8) is 0 Å². The summed E-state index contributed by atoms with van der Waals surface area (Å²) in [5.74, 6) is -1.06. The van der Waals surface area contributed by atoms with Gasteiger partial charge in [0.05, 0.1) is 13.2 Å². The molecule has 0 spiro atoms. The number of carbonyl (C=O) groups excluding carboxylic acids is 1. The quantitative estimate of drug-likeness (QED) is 0.836. The van der Waals surface area contributed by atoms with Gasteiger partial charge in [0.2, 0.25) is 11.5 Å². The topological polar surface area (TPSA) is 88.8 Å². The maximum Gasteiger partial charge on any atom is 0.314 e.